The molecule has 0 saturated heterocycles. The molecule has 0 amide bonds. The molecule has 2 aromatic rings. The SMILES string of the molecule is C.O=c1[nH]c(=O)n(CCCC(F)(F)F)c2c1CC(Cl)=N2.O=c1c2c(n(CCCC(F)(F)F)c(=O)n1CCCC(F)(F)F)N=C(Cl)C2. The van der Waals surface area contributed by atoms with Crippen LogP contribution >= 0.6 is 23.2 Å². The zero-order valence-electron chi connectivity index (χ0n) is 22.8. The van der Waals surface area contributed by atoms with Gasteiger partial charge < -0.3 is 0 Å². The normalized spacial score (nSPS) is 14.2. The van der Waals surface area contributed by atoms with E-state index < -0.39 is 79.7 Å². The van der Waals surface area contributed by atoms with Crippen LogP contribution in [-0.2, 0) is 32.5 Å². The van der Waals surface area contributed by atoms with Gasteiger partial charge in [0.15, 0.2) is 0 Å². The third-order valence-corrected chi connectivity index (χ3v) is 6.82. The van der Waals surface area contributed by atoms with E-state index in [-0.39, 0.29) is 72.9 Å². The van der Waals surface area contributed by atoms with Crippen molar-refractivity contribution in [2.75, 3.05) is 0 Å². The summed E-state index contributed by atoms with van der Waals surface area (Å²) in [5.74, 6) is -0.0693. The summed E-state index contributed by atoms with van der Waals surface area (Å²) in [6.45, 7) is -1.06. The lowest BCUT2D eigenvalue weighted by Gasteiger charge is -2.15. The fourth-order valence-corrected chi connectivity index (χ4v) is 4.86. The molecule has 4 rings (SSSR count). The van der Waals surface area contributed by atoms with Gasteiger partial charge in [-0.2, -0.15) is 39.5 Å². The highest BCUT2D eigenvalue weighted by Crippen LogP contribution is 2.28. The Bertz CT molecular complexity index is 1720. The van der Waals surface area contributed by atoms with Gasteiger partial charge in [0.25, 0.3) is 11.1 Å². The summed E-state index contributed by atoms with van der Waals surface area (Å²) >= 11 is 11.4. The molecule has 1 N–H and O–H groups in total. The quantitative estimate of drug-likeness (QED) is 0.327. The second kappa shape index (κ2) is 15.0. The van der Waals surface area contributed by atoms with Gasteiger partial charge in [0, 0.05) is 51.7 Å². The number of H-pyrrole nitrogens is 1. The predicted molar refractivity (Wildman–Crippen MR) is 152 cm³/mol. The van der Waals surface area contributed by atoms with Crippen molar-refractivity contribution in [3.8, 4) is 0 Å². The number of aromatic amines is 1. The van der Waals surface area contributed by atoms with E-state index in [4.69, 9.17) is 23.2 Å². The zero-order chi connectivity index (χ0) is 33.9. The molecule has 0 spiro atoms. The van der Waals surface area contributed by atoms with Crippen LogP contribution in [0.4, 0.5) is 51.1 Å². The maximum atomic E-state index is 12.4. The Morgan fingerprint density at radius 3 is 1.48 bits per heavy atom. The first-order valence-corrected chi connectivity index (χ1v) is 13.8. The molecule has 0 unspecified atom stereocenters. The van der Waals surface area contributed by atoms with Crippen LogP contribution in [0.5, 0.6) is 0 Å². The Kier molecular flexibility index (Phi) is 12.7. The van der Waals surface area contributed by atoms with E-state index >= 15 is 0 Å². The van der Waals surface area contributed by atoms with Crippen LogP contribution in [0.25, 0.3) is 0 Å². The topological polar surface area (TPSA) is 124 Å². The van der Waals surface area contributed by atoms with Gasteiger partial charge in [-0.25, -0.2) is 19.6 Å². The Balaban J connectivity index is 0.000000328. The molecule has 2 aromatic heterocycles. The molecule has 0 saturated carbocycles. The Morgan fingerprint density at radius 1 is 0.630 bits per heavy atom. The van der Waals surface area contributed by atoms with Crippen molar-refractivity contribution in [3.05, 3.63) is 52.8 Å². The van der Waals surface area contributed by atoms with Gasteiger partial charge in [0.2, 0.25) is 0 Å². The summed E-state index contributed by atoms with van der Waals surface area (Å²) in [5, 5.41) is 0.116. The summed E-state index contributed by atoms with van der Waals surface area (Å²) in [7, 11) is 0. The first-order valence-electron chi connectivity index (χ1n) is 13.1. The number of hydrogen-bond acceptors (Lipinski definition) is 6. The third kappa shape index (κ3) is 10.6. The number of nitrogens with zero attached hydrogens (tertiary/aromatic N) is 5. The average molecular weight is 717 g/mol. The van der Waals surface area contributed by atoms with Gasteiger partial charge >= 0.3 is 29.9 Å². The van der Waals surface area contributed by atoms with Crippen LogP contribution in [0.2, 0.25) is 0 Å². The van der Waals surface area contributed by atoms with Crippen molar-refractivity contribution >= 4 is 45.2 Å². The standard InChI is InChI=1S/C14H14ClF6N3O2.C10H9ClF3N3O2.CH4/c15-9-7-8-10(22-9)23(5-1-3-13(16,17)18)12(26)24(11(8)25)6-2-4-14(19,20)21;11-6-4-5-7(15-6)17(9(19)16-8(5)18)3-1-2-10(12,13)14;/h1-7H2;1-4H2,(H,16,18,19);1H4. The molecule has 0 atom stereocenters. The van der Waals surface area contributed by atoms with Crippen molar-refractivity contribution in [1.82, 2.24) is 18.7 Å². The molecule has 0 radical (unpaired) electrons. The largest absolute Gasteiger partial charge is 0.389 e. The monoisotopic (exact) mass is 716 g/mol. The van der Waals surface area contributed by atoms with Gasteiger partial charge in [-0.05, 0) is 19.3 Å². The molecule has 2 aliphatic rings. The molecule has 0 aromatic carbocycles. The van der Waals surface area contributed by atoms with Gasteiger partial charge in [-0.1, -0.05) is 30.6 Å². The Labute approximate surface area is 263 Å². The number of hydrogen-bond donors (Lipinski definition) is 1. The van der Waals surface area contributed by atoms with Crippen molar-refractivity contribution in [3.63, 3.8) is 0 Å². The number of aliphatic imine (C=N–C) groups is 2. The van der Waals surface area contributed by atoms with E-state index in [1.807, 2.05) is 4.98 Å². The van der Waals surface area contributed by atoms with Gasteiger partial charge in [0.05, 0.1) is 11.1 Å². The Hall–Kier alpha value is -3.35. The molecule has 4 heterocycles. The van der Waals surface area contributed by atoms with Crippen molar-refractivity contribution in [2.45, 2.75) is 97.0 Å². The minimum absolute atomic E-state index is 0. The molecule has 21 heteroatoms. The number of nitrogens with one attached hydrogen (secondary N) is 1. The number of alkyl halides is 9. The van der Waals surface area contributed by atoms with E-state index in [1.54, 1.807) is 0 Å². The molecule has 46 heavy (non-hydrogen) atoms. The Morgan fingerprint density at radius 2 is 1.02 bits per heavy atom. The van der Waals surface area contributed by atoms with E-state index in [1.165, 1.54) is 0 Å². The first-order chi connectivity index (χ1) is 20.7. The van der Waals surface area contributed by atoms with Crippen LogP contribution in [0.15, 0.2) is 29.2 Å². The summed E-state index contributed by atoms with van der Waals surface area (Å²) in [4.78, 5) is 57.5. The first kappa shape index (κ1) is 38.8. The fourth-order valence-electron chi connectivity index (χ4n) is 4.43. The maximum Gasteiger partial charge on any atom is 0.389 e. The minimum Gasteiger partial charge on any atom is -0.278 e. The number of rotatable bonds is 9. The van der Waals surface area contributed by atoms with Crippen LogP contribution < -0.4 is 22.5 Å². The van der Waals surface area contributed by atoms with Crippen molar-refractivity contribution in [2.24, 2.45) is 9.98 Å². The number of halogens is 11. The highest BCUT2D eigenvalue weighted by Gasteiger charge is 2.30. The minimum atomic E-state index is -4.45. The number of fused-ring (bicyclic) bond motifs is 2. The summed E-state index contributed by atoms with van der Waals surface area (Å²) in [6.07, 6.45) is -17.7. The average Bonchev–Trinajstić information content (AvgIpc) is 3.46. The van der Waals surface area contributed by atoms with E-state index in [0.717, 1.165) is 9.13 Å². The molecular weight excluding hydrogens is 690 g/mol. The summed E-state index contributed by atoms with van der Waals surface area (Å²) in [6, 6.07) is 0. The van der Waals surface area contributed by atoms with Crippen LogP contribution in [0, 0.1) is 0 Å². The lowest BCUT2D eigenvalue weighted by atomic mass is 10.2. The summed E-state index contributed by atoms with van der Waals surface area (Å²) in [5.41, 5.74) is -3.00. The van der Waals surface area contributed by atoms with Crippen molar-refractivity contribution in [1.29, 1.82) is 0 Å². The van der Waals surface area contributed by atoms with E-state index in [9.17, 15) is 58.7 Å². The molecule has 0 aliphatic carbocycles. The maximum absolute atomic E-state index is 12.4. The van der Waals surface area contributed by atoms with Crippen LogP contribution in [0.3, 0.4) is 0 Å². The zero-order valence-corrected chi connectivity index (χ0v) is 24.3. The highest BCUT2D eigenvalue weighted by atomic mass is 35.5. The molecule has 0 fully saturated rings. The molecule has 0 bridgehead atoms. The van der Waals surface area contributed by atoms with E-state index in [2.05, 4.69) is 9.98 Å². The molecule has 258 valence electrons. The van der Waals surface area contributed by atoms with Crippen molar-refractivity contribution < 1.29 is 39.5 Å². The van der Waals surface area contributed by atoms with E-state index in [0.29, 0.717) is 4.57 Å². The second-order valence-electron chi connectivity index (χ2n) is 9.89. The fraction of sp³-hybridized carbons (Fsp3) is 0.600. The lowest BCUT2D eigenvalue weighted by molar-refractivity contribution is -0.136. The van der Waals surface area contributed by atoms with Gasteiger partial charge in [-0.3, -0.25) is 28.3 Å². The van der Waals surface area contributed by atoms with Crippen LogP contribution in [-0.4, -0.2) is 47.6 Å². The molecule has 2 aliphatic heterocycles. The second-order valence-corrected chi connectivity index (χ2v) is 10.8. The summed E-state index contributed by atoms with van der Waals surface area (Å²) < 4.78 is 112. The van der Waals surface area contributed by atoms with Gasteiger partial charge in [0.1, 0.15) is 22.0 Å². The highest BCUT2D eigenvalue weighted by molar-refractivity contribution is 6.66. The molecule has 10 nitrogen and oxygen atoms in total. The third-order valence-electron chi connectivity index (χ3n) is 6.38. The predicted octanol–water partition coefficient (Wildman–Crippen LogP) is 5.86. The lowest BCUT2D eigenvalue weighted by Crippen LogP contribution is -2.41. The van der Waals surface area contributed by atoms with Gasteiger partial charge in [-0.15, -0.1) is 0 Å². The van der Waals surface area contributed by atoms with Crippen LogP contribution in [0.1, 0.15) is 57.1 Å². The number of aromatic nitrogens is 4. The smallest absolute Gasteiger partial charge is 0.278 e. The molecular formula is C25H27Cl2F9N6O4.